The SMILES string of the molecule is Cc1ccc(-c2nn(CC3CCC(COCC(=O)O)CC3)c(SCC#N)c2-c2ccccc2)cc1. The molecule has 3 aromatic rings. The summed E-state index contributed by atoms with van der Waals surface area (Å²) >= 11 is 1.55. The first-order valence-corrected chi connectivity index (χ1v) is 13.1. The van der Waals surface area contributed by atoms with Crippen LogP contribution in [0.5, 0.6) is 0 Å². The van der Waals surface area contributed by atoms with Crippen LogP contribution in [0, 0.1) is 30.1 Å². The first-order chi connectivity index (χ1) is 17.0. The number of nitriles is 1. The maximum atomic E-state index is 10.7. The van der Waals surface area contributed by atoms with Crippen LogP contribution in [-0.2, 0) is 16.1 Å². The van der Waals surface area contributed by atoms with Crippen LogP contribution < -0.4 is 0 Å². The summed E-state index contributed by atoms with van der Waals surface area (Å²) < 4.78 is 7.44. The second-order valence-corrected chi connectivity index (χ2v) is 10.1. The summed E-state index contributed by atoms with van der Waals surface area (Å²) in [4.78, 5) is 10.7. The number of aromatic nitrogens is 2. The molecule has 4 rings (SSSR count). The molecule has 0 amide bonds. The maximum Gasteiger partial charge on any atom is 0.329 e. The zero-order valence-electron chi connectivity index (χ0n) is 20.0. The third kappa shape index (κ3) is 6.53. The first-order valence-electron chi connectivity index (χ1n) is 12.1. The van der Waals surface area contributed by atoms with Crippen molar-refractivity contribution >= 4 is 17.7 Å². The van der Waals surface area contributed by atoms with E-state index in [-0.39, 0.29) is 6.61 Å². The molecule has 0 saturated heterocycles. The lowest BCUT2D eigenvalue weighted by Gasteiger charge is -2.28. The highest BCUT2D eigenvalue weighted by atomic mass is 32.2. The van der Waals surface area contributed by atoms with E-state index in [2.05, 4.69) is 54.1 Å². The number of carbonyl (C=O) groups is 1. The molecule has 1 N–H and O–H groups in total. The molecule has 1 heterocycles. The third-order valence-electron chi connectivity index (χ3n) is 6.54. The zero-order chi connectivity index (χ0) is 24.6. The Bertz CT molecular complexity index is 1160. The van der Waals surface area contributed by atoms with Gasteiger partial charge in [-0.25, -0.2) is 4.79 Å². The molecular formula is C28H31N3O3S. The predicted octanol–water partition coefficient (Wildman–Crippen LogP) is 6.05. The van der Waals surface area contributed by atoms with E-state index in [4.69, 9.17) is 14.9 Å². The quantitative estimate of drug-likeness (QED) is 0.349. The van der Waals surface area contributed by atoms with Crippen molar-refractivity contribution in [1.29, 1.82) is 5.26 Å². The van der Waals surface area contributed by atoms with Gasteiger partial charge in [0.1, 0.15) is 17.3 Å². The minimum Gasteiger partial charge on any atom is -0.480 e. The minimum atomic E-state index is -0.918. The zero-order valence-corrected chi connectivity index (χ0v) is 20.8. The topological polar surface area (TPSA) is 88.1 Å². The van der Waals surface area contributed by atoms with Crippen LogP contribution in [0.25, 0.3) is 22.4 Å². The van der Waals surface area contributed by atoms with E-state index in [9.17, 15) is 10.1 Å². The Morgan fingerprint density at radius 2 is 1.77 bits per heavy atom. The molecule has 2 aromatic carbocycles. The average Bonchev–Trinajstić information content (AvgIpc) is 3.22. The highest BCUT2D eigenvalue weighted by Gasteiger charge is 2.26. The van der Waals surface area contributed by atoms with Gasteiger partial charge in [-0.2, -0.15) is 10.4 Å². The molecule has 1 aliphatic rings. The van der Waals surface area contributed by atoms with Crippen molar-refractivity contribution in [2.75, 3.05) is 19.0 Å². The molecule has 0 spiro atoms. The number of carboxylic acids is 1. The number of thioether (sulfide) groups is 1. The van der Waals surface area contributed by atoms with Crippen LogP contribution in [0.4, 0.5) is 0 Å². The number of hydrogen-bond donors (Lipinski definition) is 1. The Morgan fingerprint density at radius 3 is 2.43 bits per heavy atom. The van der Waals surface area contributed by atoms with Crippen molar-refractivity contribution < 1.29 is 14.6 Å². The molecule has 7 heteroatoms. The van der Waals surface area contributed by atoms with Gasteiger partial charge < -0.3 is 9.84 Å². The average molecular weight is 490 g/mol. The molecule has 35 heavy (non-hydrogen) atoms. The Balaban J connectivity index is 1.60. The molecule has 1 aliphatic carbocycles. The normalized spacial score (nSPS) is 17.7. The Hall–Kier alpha value is -3.08. The fraction of sp³-hybridized carbons (Fsp3) is 0.393. The number of carboxylic acid groups (broad SMARTS) is 1. The second-order valence-electron chi connectivity index (χ2n) is 9.19. The van der Waals surface area contributed by atoms with Gasteiger partial charge in [0.05, 0.1) is 18.4 Å². The van der Waals surface area contributed by atoms with Crippen molar-refractivity contribution in [3.8, 4) is 28.5 Å². The van der Waals surface area contributed by atoms with Gasteiger partial charge in [-0.3, -0.25) is 4.68 Å². The van der Waals surface area contributed by atoms with Gasteiger partial charge in [-0.15, -0.1) is 0 Å². The predicted molar refractivity (Wildman–Crippen MR) is 138 cm³/mol. The number of rotatable bonds is 10. The third-order valence-corrected chi connectivity index (χ3v) is 7.51. The van der Waals surface area contributed by atoms with Gasteiger partial charge in [0, 0.05) is 17.7 Å². The van der Waals surface area contributed by atoms with Crippen LogP contribution in [0.15, 0.2) is 59.6 Å². The number of nitrogens with zero attached hydrogens (tertiary/aromatic N) is 3. The lowest BCUT2D eigenvalue weighted by atomic mass is 9.82. The molecule has 0 atom stereocenters. The van der Waals surface area contributed by atoms with E-state index in [1.807, 2.05) is 18.2 Å². The summed E-state index contributed by atoms with van der Waals surface area (Å²) in [6.07, 6.45) is 4.18. The summed E-state index contributed by atoms with van der Waals surface area (Å²) in [5.41, 5.74) is 5.43. The number of benzene rings is 2. The summed E-state index contributed by atoms with van der Waals surface area (Å²) in [6.45, 7) is 3.18. The highest BCUT2D eigenvalue weighted by molar-refractivity contribution is 7.99. The molecule has 0 aliphatic heterocycles. The number of ether oxygens (including phenoxy) is 1. The smallest absolute Gasteiger partial charge is 0.329 e. The van der Waals surface area contributed by atoms with Crippen molar-refractivity contribution in [1.82, 2.24) is 9.78 Å². The van der Waals surface area contributed by atoms with Crippen molar-refractivity contribution in [2.45, 2.75) is 44.2 Å². The minimum absolute atomic E-state index is 0.225. The molecule has 1 saturated carbocycles. The number of aryl methyl sites for hydroxylation is 1. The Morgan fingerprint density at radius 1 is 1.09 bits per heavy atom. The second kappa shape index (κ2) is 12.1. The van der Waals surface area contributed by atoms with E-state index in [1.54, 1.807) is 11.8 Å². The van der Waals surface area contributed by atoms with E-state index in [0.29, 0.717) is 24.2 Å². The Labute approximate surface area is 210 Å². The molecule has 1 fully saturated rings. The molecule has 1 aromatic heterocycles. The molecular weight excluding hydrogens is 458 g/mol. The fourth-order valence-electron chi connectivity index (χ4n) is 4.73. The van der Waals surface area contributed by atoms with Crippen LogP contribution in [-0.4, -0.2) is 39.8 Å². The van der Waals surface area contributed by atoms with E-state index in [1.165, 1.54) is 5.56 Å². The lowest BCUT2D eigenvalue weighted by Crippen LogP contribution is -2.23. The lowest BCUT2D eigenvalue weighted by molar-refractivity contribution is -0.142. The van der Waals surface area contributed by atoms with Gasteiger partial charge in [0.15, 0.2) is 0 Å². The maximum absolute atomic E-state index is 10.7. The highest BCUT2D eigenvalue weighted by Crippen LogP contribution is 2.41. The molecule has 182 valence electrons. The summed E-state index contributed by atoms with van der Waals surface area (Å²) in [5, 5.41) is 24.3. The summed E-state index contributed by atoms with van der Waals surface area (Å²) in [7, 11) is 0. The van der Waals surface area contributed by atoms with E-state index in [0.717, 1.165) is 59.6 Å². The van der Waals surface area contributed by atoms with E-state index < -0.39 is 5.97 Å². The van der Waals surface area contributed by atoms with Gasteiger partial charge in [0.2, 0.25) is 0 Å². The molecule has 0 bridgehead atoms. The van der Waals surface area contributed by atoms with E-state index >= 15 is 0 Å². The van der Waals surface area contributed by atoms with Crippen molar-refractivity contribution in [3.63, 3.8) is 0 Å². The largest absolute Gasteiger partial charge is 0.480 e. The van der Waals surface area contributed by atoms with Crippen LogP contribution >= 0.6 is 11.8 Å². The van der Waals surface area contributed by atoms with Crippen molar-refractivity contribution in [3.05, 3.63) is 60.2 Å². The van der Waals surface area contributed by atoms with Crippen molar-refractivity contribution in [2.24, 2.45) is 11.8 Å². The van der Waals surface area contributed by atoms with Gasteiger partial charge in [-0.1, -0.05) is 71.9 Å². The summed E-state index contributed by atoms with van der Waals surface area (Å²) in [6, 6.07) is 21.1. The van der Waals surface area contributed by atoms with Crippen LogP contribution in [0.3, 0.4) is 0 Å². The Kier molecular flexibility index (Phi) is 8.62. The van der Waals surface area contributed by atoms with Gasteiger partial charge in [-0.05, 0) is 50.0 Å². The van der Waals surface area contributed by atoms with Gasteiger partial charge >= 0.3 is 5.97 Å². The number of hydrogen-bond acceptors (Lipinski definition) is 5. The van der Waals surface area contributed by atoms with Gasteiger partial charge in [0.25, 0.3) is 0 Å². The first kappa shape index (κ1) is 25.0. The fourth-order valence-corrected chi connectivity index (χ4v) is 5.56. The number of aliphatic carboxylic acids is 1. The van der Waals surface area contributed by atoms with Crippen LogP contribution in [0.1, 0.15) is 31.2 Å². The van der Waals surface area contributed by atoms with Crippen LogP contribution in [0.2, 0.25) is 0 Å². The molecule has 6 nitrogen and oxygen atoms in total. The standard InChI is InChI=1S/C28H31N3O3S/c1-20-7-13-24(14-8-20)27-26(23-5-3-2-4-6-23)28(35-16-15-29)31(30-27)17-21-9-11-22(12-10-21)18-34-19-25(32)33/h2-8,13-14,21-22H,9-12,16-19H2,1H3,(H,32,33). The monoisotopic (exact) mass is 489 g/mol. The molecule has 0 unspecified atom stereocenters. The summed E-state index contributed by atoms with van der Waals surface area (Å²) in [5.74, 6) is 0.352. The molecule has 0 radical (unpaired) electrons.